The normalized spacial score (nSPS) is 17.5. The zero-order chi connectivity index (χ0) is 23.9. The number of carbonyl (C=O) groups is 1. The van der Waals surface area contributed by atoms with Crippen LogP contribution in [0.4, 0.5) is 0 Å². The lowest BCUT2D eigenvalue weighted by Crippen LogP contribution is -2.41. The molecule has 0 aromatic heterocycles. The summed E-state index contributed by atoms with van der Waals surface area (Å²) in [6.07, 6.45) is 4.18. The van der Waals surface area contributed by atoms with Crippen molar-refractivity contribution < 1.29 is 23.7 Å². The highest BCUT2D eigenvalue weighted by molar-refractivity contribution is 5.94. The first-order valence-electron chi connectivity index (χ1n) is 11.6. The Morgan fingerprint density at radius 2 is 1.50 bits per heavy atom. The van der Waals surface area contributed by atoms with E-state index in [0.717, 1.165) is 37.0 Å². The van der Waals surface area contributed by atoms with Crippen LogP contribution in [0.25, 0.3) is 0 Å². The van der Waals surface area contributed by atoms with Crippen LogP contribution >= 0.6 is 0 Å². The second-order valence-electron chi connectivity index (χ2n) is 8.39. The topological polar surface area (TPSA) is 66.0 Å². The summed E-state index contributed by atoms with van der Waals surface area (Å²) in [5.41, 5.74) is 1.72. The molecule has 1 amide bonds. The lowest BCUT2D eigenvalue weighted by molar-refractivity contribution is 0.0920. The SMILES string of the molecule is COc1ccc(Oc2cccc(C(=O)N[C@@H]3CCCC[C@@H]3c3ccc(OC)c(OC)c3)c2)cc1. The highest BCUT2D eigenvalue weighted by atomic mass is 16.5. The molecule has 0 unspecified atom stereocenters. The molecule has 6 heteroatoms. The Labute approximate surface area is 200 Å². The third-order valence-corrected chi connectivity index (χ3v) is 6.31. The van der Waals surface area contributed by atoms with Gasteiger partial charge in [0.15, 0.2) is 11.5 Å². The van der Waals surface area contributed by atoms with Crippen molar-refractivity contribution in [1.29, 1.82) is 0 Å². The van der Waals surface area contributed by atoms with Gasteiger partial charge >= 0.3 is 0 Å². The van der Waals surface area contributed by atoms with Gasteiger partial charge in [-0.2, -0.15) is 0 Å². The van der Waals surface area contributed by atoms with Crippen LogP contribution in [0.5, 0.6) is 28.7 Å². The van der Waals surface area contributed by atoms with Gasteiger partial charge in [0, 0.05) is 17.5 Å². The van der Waals surface area contributed by atoms with Crippen molar-refractivity contribution in [2.24, 2.45) is 0 Å². The van der Waals surface area contributed by atoms with Crippen molar-refractivity contribution in [1.82, 2.24) is 5.32 Å². The molecule has 0 saturated heterocycles. The second kappa shape index (κ2) is 11.0. The van der Waals surface area contributed by atoms with E-state index in [4.69, 9.17) is 18.9 Å². The molecule has 178 valence electrons. The summed E-state index contributed by atoms with van der Waals surface area (Å²) in [6, 6.07) is 20.7. The number of methoxy groups -OCH3 is 3. The van der Waals surface area contributed by atoms with Crippen molar-refractivity contribution in [2.75, 3.05) is 21.3 Å². The molecule has 4 rings (SSSR count). The van der Waals surface area contributed by atoms with E-state index in [1.165, 1.54) is 0 Å². The van der Waals surface area contributed by atoms with Crippen LogP contribution in [-0.2, 0) is 0 Å². The average Bonchev–Trinajstić information content (AvgIpc) is 2.89. The molecule has 1 aliphatic carbocycles. The first-order chi connectivity index (χ1) is 16.6. The Balaban J connectivity index is 1.48. The van der Waals surface area contributed by atoms with Gasteiger partial charge < -0.3 is 24.3 Å². The molecule has 0 spiro atoms. The van der Waals surface area contributed by atoms with Gasteiger partial charge in [0.25, 0.3) is 5.91 Å². The highest BCUT2D eigenvalue weighted by Crippen LogP contribution is 2.37. The number of hydrogen-bond donors (Lipinski definition) is 1. The molecular formula is C28H31NO5. The molecule has 1 aliphatic rings. The minimum atomic E-state index is -0.0995. The minimum absolute atomic E-state index is 0.0468. The number of ether oxygens (including phenoxy) is 4. The maximum atomic E-state index is 13.2. The molecule has 0 radical (unpaired) electrons. The van der Waals surface area contributed by atoms with E-state index < -0.39 is 0 Å². The van der Waals surface area contributed by atoms with E-state index in [1.54, 1.807) is 27.4 Å². The van der Waals surface area contributed by atoms with Gasteiger partial charge in [0.2, 0.25) is 0 Å². The van der Waals surface area contributed by atoms with Crippen molar-refractivity contribution in [3.8, 4) is 28.7 Å². The molecule has 34 heavy (non-hydrogen) atoms. The summed E-state index contributed by atoms with van der Waals surface area (Å²) < 4.78 is 22.0. The Kier molecular flexibility index (Phi) is 7.58. The molecular weight excluding hydrogens is 430 g/mol. The first-order valence-corrected chi connectivity index (χ1v) is 11.6. The van der Waals surface area contributed by atoms with Gasteiger partial charge in [-0.3, -0.25) is 4.79 Å². The number of amides is 1. The highest BCUT2D eigenvalue weighted by Gasteiger charge is 2.29. The number of nitrogens with one attached hydrogen (secondary N) is 1. The third kappa shape index (κ3) is 5.45. The van der Waals surface area contributed by atoms with E-state index >= 15 is 0 Å². The Hall–Kier alpha value is -3.67. The zero-order valence-electron chi connectivity index (χ0n) is 19.9. The van der Waals surface area contributed by atoms with E-state index in [9.17, 15) is 4.79 Å². The molecule has 2 atom stereocenters. The quantitative estimate of drug-likeness (QED) is 0.448. The number of carbonyl (C=O) groups excluding carboxylic acids is 1. The molecule has 1 N–H and O–H groups in total. The van der Waals surface area contributed by atoms with E-state index in [-0.39, 0.29) is 17.9 Å². The molecule has 1 fully saturated rings. The minimum Gasteiger partial charge on any atom is -0.497 e. The Morgan fingerprint density at radius 1 is 0.765 bits per heavy atom. The smallest absolute Gasteiger partial charge is 0.251 e. The van der Waals surface area contributed by atoms with Gasteiger partial charge in [0.05, 0.1) is 21.3 Å². The van der Waals surface area contributed by atoms with Crippen LogP contribution in [0.15, 0.2) is 66.7 Å². The monoisotopic (exact) mass is 461 g/mol. The third-order valence-electron chi connectivity index (χ3n) is 6.31. The maximum absolute atomic E-state index is 13.2. The zero-order valence-corrected chi connectivity index (χ0v) is 19.9. The molecule has 0 heterocycles. The fourth-order valence-corrected chi connectivity index (χ4v) is 4.52. The lowest BCUT2D eigenvalue weighted by Gasteiger charge is -2.33. The van der Waals surface area contributed by atoms with Gasteiger partial charge in [0.1, 0.15) is 17.2 Å². The van der Waals surface area contributed by atoms with Gasteiger partial charge in [-0.25, -0.2) is 0 Å². The van der Waals surface area contributed by atoms with Crippen LogP contribution in [0, 0.1) is 0 Å². The summed E-state index contributed by atoms with van der Waals surface area (Å²) in [4.78, 5) is 13.2. The largest absolute Gasteiger partial charge is 0.497 e. The molecule has 3 aromatic carbocycles. The van der Waals surface area contributed by atoms with Crippen molar-refractivity contribution >= 4 is 5.91 Å². The van der Waals surface area contributed by atoms with Gasteiger partial charge in [-0.1, -0.05) is 25.0 Å². The molecule has 1 saturated carbocycles. The van der Waals surface area contributed by atoms with Crippen LogP contribution in [0.1, 0.15) is 47.5 Å². The number of benzene rings is 3. The van der Waals surface area contributed by atoms with Crippen molar-refractivity contribution in [2.45, 2.75) is 37.6 Å². The van der Waals surface area contributed by atoms with Gasteiger partial charge in [-0.15, -0.1) is 0 Å². The molecule has 0 aliphatic heterocycles. The number of hydrogen-bond acceptors (Lipinski definition) is 5. The number of rotatable bonds is 8. The molecule has 6 nitrogen and oxygen atoms in total. The fourth-order valence-electron chi connectivity index (χ4n) is 4.52. The molecule has 0 bridgehead atoms. The van der Waals surface area contributed by atoms with E-state index in [2.05, 4.69) is 11.4 Å². The predicted molar refractivity (Wildman–Crippen MR) is 132 cm³/mol. The van der Waals surface area contributed by atoms with Crippen molar-refractivity contribution in [3.05, 3.63) is 77.9 Å². The Morgan fingerprint density at radius 3 is 2.24 bits per heavy atom. The van der Waals surface area contributed by atoms with Crippen LogP contribution in [0.3, 0.4) is 0 Å². The summed E-state index contributed by atoms with van der Waals surface area (Å²) >= 11 is 0. The van der Waals surface area contributed by atoms with Gasteiger partial charge in [-0.05, 0) is 73.0 Å². The average molecular weight is 462 g/mol. The maximum Gasteiger partial charge on any atom is 0.251 e. The second-order valence-corrected chi connectivity index (χ2v) is 8.39. The van der Waals surface area contributed by atoms with Crippen molar-refractivity contribution in [3.63, 3.8) is 0 Å². The van der Waals surface area contributed by atoms with Crippen LogP contribution < -0.4 is 24.3 Å². The van der Waals surface area contributed by atoms with E-state index in [1.807, 2.05) is 54.6 Å². The van der Waals surface area contributed by atoms with Crippen LogP contribution in [0.2, 0.25) is 0 Å². The summed E-state index contributed by atoms with van der Waals surface area (Å²) in [5, 5.41) is 3.27. The molecule has 3 aromatic rings. The van der Waals surface area contributed by atoms with E-state index in [0.29, 0.717) is 28.6 Å². The summed E-state index contributed by atoms with van der Waals surface area (Å²) in [6.45, 7) is 0. The standard InChI is InChI=1S/C28H31NO5/c1-31-21-12-14-22(15-13-21)34-23-8-6-7-20(17-23)28(30)29-25-10-5-4-9-24(25)19-11-16-26(32-2)27(18-19)33-3/h6-8,11-18,24-25H,4-5,9-10H2,1-3H3,(H,29,30)/t24-,25-/m1/s1. The first kappa shape index (κ1) is 23.5. The lowest BCUT2D eigenvalue weighted by atomic mass is 9.79. The Bertz CT molecular complexity index is 1110. The summed E-state index contributed by atoms with van der Waals surface area (Å²) in [5.74, 6) is 3.58. The predicted octanol–water partition coefficient (Wildman–Crippen LogP) is 5.96. The van der Waals surface area contributed by atoms with Crippen LogP contribution in [-0.4, -0.2) is 33.3 Å². The summed E-state index contributed by atoms with van der Waals surface area (Å²) in [7, 11) is 4.90. The fraction of sp³-hybridized carbons (Fsp3) is 0.321.